The van der Waals surface area contributed by atoms with Crippen LogP contribution in [-0.2, 0) is 12.4 Å². The minimum absolute atomic E-state index is 0.242. The molecule has 2 rings (SSSR count). The van der Waals surface area contributed by atoms with E-state index in [2.05, 4.69) is 23.9 Å². The highest BCUT2D eigenvalue weighted by Gasteiger charge is 2.11. The molecule has 1 aromatic carbocycles. The second-order valence-corrected chi connectivity index (χ2v) is 4.61. The lowest BCUT2D eigenvalue weighted by molar-refractivity contribution is 0.335. The first-order chi connectivity index (χ1) is 8.65. The van der Waals surface area contributed by atoms with Gasteiger partial charge in [-0.05, 0) is 31.8 Å². The molecule has 3 nitrogen and oxygen atoms in total. The molecule has 0 aliphatic heterocycles. The summed E-state index contributed by atoms with van der Waals surface area (Å²) < 4.78 is 15.3. The van der Waals surface area contributed by atoms with E-state index in [-0.39, 0.29) is 5.82 Å². The fourth-order valence-corrected chi connectivity index (χ4v) is 2.13. The highest BCUT2D eigenvalue weighted by molar-refractivity contribution is 6.16. The number of halogens is 2. The predicted octanol–water partition coefficient (Wildman–Crippen LogP) is 2.87. The largest absolute Gasteiger partial charge is 0.326 e. The first-order valence-corrected chi connectivity index (χ1v) is 6.58. The zero-order valence-corrected chi connectivity index (χ0v) is 11.4. The Morgan fingerprint density at radius 1 is 1.44 bits per heavy atom. The summed E-state index contributed by atoms with van der Waals surface area (Å²) in [5, 5.41) is 0. The van der Waals surface area contributed by atoms with Gasteiger partial charge in [-0.15, -0.1) is 11.6 Å². The van der Waals surface area contributed by atoms with Gasteiger partial charge in [0.15, 0.2) is 0 Å². The molecule has 2 aromatic rings. The van der Waals surface area contributed by atoms with E-state index in [1.165, 1.54) is 12.1 Å². The maximum atomic E-state index is 13.3. The molecule has 98 valence electrons. The number of rotatable bonds is 5. The summed E-state index contributed by atoms with van der Waals surface area (Å²) in [6, 6.07) is 4.64. The van der Waals surface area contributed by atoms with E-state index in [1.54, 1.807) is 6.07 Å². The SMILES string of the molecule is CCN(C)CCn1c(CCl)nc2ccc(F)cc21. The van der Waals surface area contributed by atoms with Crippen LogP contribution in [0.4, 0.5) is 4.39 Å². The van der Waals surface area contributed by atoms with Crippen LogP contribution in [0.15, 0.2) is 18.2 Å². The summed E-state index contributed by atoms with van der Waals surface area (Å²) in [6.45, 7) is 4.75. The average molecular weight is 270 g/mol. The van der Waals surface area contributed by atoms with Crippen molar-refractivity contribution in [3.05, 3.63) is 29.8 Å². The molecule has 0 fully saturated rings. The van der Waals surface area contributed by atoms with Crippen molar-refractivity contribution in [1.82, 2.24) is 14.5 Å². The van der Waals surface area contributed by atoms with E-state index in [1.807, 2.05) is 4.57 Å². The zero-order chi connectivity index (χ0) is 13.1. The maximum Gasteiger partial charge on any atom is 0.125 e. The van der Waals surface area contributed by atoms with Crippen LogP contribution in [0.2, 0.25) is 0 Å². The molecule has 0 saturated carbocycles. The number of imidazole rings is 1. The van der Waals surface area contributed by atoms with Crippen molar-refractivity contribution in [3.8, 4) is 0 Å². The maximum absolute atomic E-state index is 13.3. The predicted molar refractivity (Wildman–Crippen MR) is 72.4 cm³/mol. The number of fused-ring (bicyclic) bond motifs is 1. The second kappa shape index (κ2) is 5.67. The number of likely N-dealkylation sites (N-methyl/N-ethyl adjacent to an activating group) is 1. The van der Waals surface area contributed by atoms with Gasteiger partial charge in [-0.2, -0.15) is 0 Å². The molecule has 0 radical (unpaired) electrons. The van der Waals surface area contributed by atoms with E-state index < -0.39 is 0 Å². The third kappa shape index (κ3) is 2.65. The standard InChI is InChI=1S/C13H17ClFN3/c1-3-17(2)6-7-18-12-8-10(15)4-5-11(12)16-13(18)9-14/h4-5,8H,3,6-7,9H2,1-2H3. The lowest BCUT2D eigenvalue weighted by atomic mass is 10.3. The molecule has 0 unspecified atom stereocenters. The Bertz CT molecular complexity index is 538. The average Bonchev–Trinajstić information content (AvgIpc) is 2.73. The third-order valence-corrected chi connectivity index (χ3v) is 3.39. The fourth-order valence-electron chi connectivity index (χ4n) is 1.93. The van der Waals surface area contributed by atoms with Gasteiger partial charge in [0.25, 0.3) is 0 Å². The minimum Gasteiger partial charge on any atom is -0.326 e. The van der Waals surface area contributed by atoms with E-state index in [9.17, 15) is 4.39 Å². The minimum atomic E-state index is -0.242. The van der Waals surface area contributed by atoms with Gasteiger partial charge in [-0.25, -0.2) is 9.37 Å². The molecule has 0 N–H and O–H groups in total. The van der Waals surface area contributed by atoms with Crippen molar-refractivity contribution in [2.75, 3.05) is 20.1 Å². The van der Waals surface area contributed by atoms with Crippen molar-refractivity contribution < 1.29 is 4.39 Å². The van der Waals surface area contributed by atoms with E-state index in [0.717, 1.165) is 36.5 Å². The van der Waals surface area contributed by atoms with Crippen LogP contribution in [0, 0.1) is 5.82 Å². The van der Waals surface area contributed by atoms with Crippen molar-refractivity contribution in [1.29, 1.82) is 0 Å². The molecule has 1 heterocycles. The van der Waals surface area contributed by atoms with Crippen molar-refractivity contribution in [3.63, 3.8) is 0 Å². The molecular weight excluding hydrogens is 253 g/mol. The van der Waals surface area contributed by atoms with Crippen LogP contribution in [0.1, 0.15) is 12.7 Å². The van der Waals surface area contributed by atoms with Crippen molar-refractivity contribution in [2.45, 2.75) is 19.3 Å². The number of aromatic nitrogens is 2. The van der Waals surface area contributed by atoms with Crippen molar-refractivity contribution >= 4 is 22.6 Å². The lowest BCUT2D eigenvalue weighted by Crippen LogP contribution is -2.23. The van der Waals surface area contributed by atoms with Crippen LogP contribution < -0.4 is 0 Å². The van der Waals surface area contributed by atoms with Gasteiger partial charge in [0.1, 0.15) is 11.6 Å². The number of hydrogen-bond acceptors (Lipinski definition) is 2. The van der Waals surface area contributed by atoms with Crippen LogP contribution in [0.5, 0.6) is 0 Å². The van der Waals surface area contributed by atoms with Crippen molar-refractivity contribution in [2.24, 2.45) is 0 Å². The highest BCUT2D eigenvalue weighted by atomic mass is 35.5. The first kappa shape index (κ1) is 13.3. The van der Waals surface area contributed by atoms with Gasteiger partial charge in [0, 0.05) is 13.1 Å². The van der Waals surface area contributed by atoms with E-state index >= 15 is 0 Å². The second-order valence-electron chi connectivity index (χ2n) is 4.34. The number of nitrogens with zero attached hydrogens (tertiary/aromatic N) is 3. The zero-order valence-electron chi connectivity index (χ0n) is 10.7. The van der Waals surface area contributed by atoms with E-state index in [0.29, 0.717) is 5.88 Å². The summed E-state index contributed by atoms with van der Waals surface area (Å²) in [7, 11) is 2.06. The summed E-state index contributed by atoms with van der Waals surface area (Å²) in [5.41, 5.74) is 1.61. The molecular formula is C13H17ClFN3. The van der Waals surface area contributed by atoms with E-state index in [4.69, 9.17) is 11.6 Å². The van der Waals surface area contributed by atoms with Gasteiger partial charge in [-0.3, -0.25) is 0 Å². The molecule has 0 aliphatic carbocycles. The van der Waals surface area contributed by atoms with Gasteiger partial charge in [-0.1, -0.05) is 6.92 Å². The number of hydrogen-bond donors (Lipinski definition) is 0. The summed E-state index contributed by atoms with van der Waals surface area (Å²) in [4.78, 5) is 6.62. The molecule has 0 bridgehead atoms. The summed E-state index contributed by atoms with van der Waals surface area (Å²) in [5.74, 6) is 0.891. The molecule has 1 aromatic heterocycles. The molecule has 0 spiro atoms. The molecule has 0 aliphatic rings. The normalized spacial score (nSPS) is 11.6. The molecule has 0 saturated heterocycles. The molecule has 18 heavy (non-hydrogen) atoms. The van der Waals surface area contributed by atoms with Crippen LogP contribution in [0.3, 0.4) is 0 Å². The fraction of sp³-hybridized carbons (Fsp3) is 0.462. The molecule has 0 atom stereocenters. The van der Waals surface area contributed by atoms with Gasteiger partial charge >= 0.3 is 0 Å². The Hall–Kier alpha value is -1.13. The van der Waals surface area contributed by atoms with Crippen LogP contribution in [0.25, 0.3) is 11.0 Å². The monoisotopic (exact) mass is 269 g/mol. The lowest BCUT2D eigenvalue weighted by Gasteiger charge is -2.15. The number of benzene rings is 1. The van der Waals surface area contributed by atoms with Crippen LogP contribution >= 0.6 is 11.6 Å². The Morgan fingerprint density at radius 3 is 2.89 bits per heavy atom. The third-order valence-electron chi connectivity index (χ3n) is 3.15. The first-order valence-electron chi connectivity index (χ1n) is 6.05. The summed E-state index contributed by atoms with van der Waals surface area (Å²) in [6.07, 6.45) is 0. The summed E-state index contributed by atoms with van der Waals surface area (Å²) >= 11 is 5.90. The Balaban J connectivity index is 2.36. The van der Waals surface area contributed by atoms with Crippen LogP contribution in [-0.4, -0.2) is 34.6 Å². The Labute approximate surface area is 111 Å². The molecule has 5 heteroatoms. The smallest absolute Gasteiger partial charge is 0.125 e. The Morgan fingerprint density at radius 2 is 2.22 bits per heavy atom. The topological polar surface area (TPSA) is 21.1 Å². The molecule has 0 amide bonds. The highest BCUT2D eigenvalue weighted by Crippen LogP contribution is 2.18. The Kier molecular flexibility index (Phi) is 4.19. The quantitative estimate of drug-likeness (QED) is 0.779. The van der Waals surface area contributed by atoms with Gasteiger partial charge in [0.05, 0.1) is 16.9 Å². The van der Waals surface area contributed by atoms with Gasteiger partial charge in [0.2, 0.25) is 0 Å². The number of alkyl halides is 1. The van der Waals surface area contributed by atoms with Gasteiger partial charge < -0.3 is 9.47 Å².